The maximum atomic E-state index is 10.7. The summed E-state index contributed by atoms with van der Waals surface area (Å²) in [5.74, 6) is -1.95. The smallest absolute Gasteiger partial charge is 0.317 e. The highest BCUT2D eigenvalue weighted by atomic mass is 35.5. The highest BCUT2D eigenvalue weighted by Gasteiger charge is 2.13. The molecule has 0 amide bonds. The summed E-state index contributed by atoms with van der Waals surface area (Å²) in [7, 11) is 0. The van der Waals surface area contributed by atoms with Gasteiger partial charge in [-0.25, -0.2) is 0 Å². The van der Waals surface area contributed by atoms with Gasteiger partial charge in [0.05, 0.1) is 13.0 Å². The van der Waals surface area contributed by atoms with Crippen molar-refractivity contribution in [1.82, 2.24) is 4.90 Å². The molecule has 0 aliphatic heterocycles. The number of benzene rings is 1. The fourth-order valence-electron chi connectivity index (χ4n) is 1.53. The lowest BCUT2D eigenvalue weighted by Gasteiger charge is -2.19. The highest BCUT2D eigenvalue weighted by Crippen LogP contribution is 2.17. The van der Waals surface area contributed by atoms with Gasteiger partial charge in [-0.2, -0.15) is 0 Å². The van der Waals surface area contributed by atoms with Gasteiger partial charge in [-0.3, -0.25) is 14.5 Å². The van der Waals surface area contributed by atoms with Crippen LogP contribution in [0.3, 0.4) is 0 Å². The van der Waals surface area contributed by atoms with E-state index >= 15 is 0 Å². The Balaban J connectivity index is 2.68. The second-order valence-corrected chi connectivity index (χ2v) is 4.25. The van der Waals surface area contributed by atoms with Crippen molar-refractivity contribution in [3.63, 3.8) is 0 Å². The van der Waals surface area contributed by atoms with Crippen LogP contribution in [0, 0.1) is 0 Å². The summed E-state index contributed by atoms with van der Waals surface area (Å²) in [6.45, 7) is 0.282. The summed E-state index contributed by atoms with van der Waals surface area (Å²) < 4.78 is 0. The maximum Gasteiger partial charge on any atom is 0.317 e. The molecule has 98 valence electrons. The Labute approximate surface area is 110 Å². The Hall–Kier alpha value is -1.59. The quantitative estimate of drug-likeness (QED) is 0.789. The molecule has 18 heavy (non-hydrogen) atoms. The molecule has 1 rings (SSSR count). The van der Waals surface area contributed by atoms with Crippen molar-refractivity contribution in [2.24, 2.45) is 0 Å². The molecular formula is C12H14ClNO4. The van der Waals surface area contributed by atoms with Crippen molar-refractivity contribution in [2.45, 2.75) is 13.0 Å². The van der Waals surface area contributed by atoms with Gasteiger partial charge in [-0.05, 0) is 11.6 Å². The van der Waals surface area contributed by atoms with Crippen LogP contribution >= 0.6 is 11.6 Å². The fourth-order valence-corrected chi connectivity index (χ4v) is 1.72. The molecule has 0 aromatic heterocycles. The van der Waals surface area contributed by atoms with Crippen LogP contribution in [0.2, 0.25) is 5.02 Å². The predicted molar refractivity (Wildman–Crippen MR) is 66.6 cm³/mol. The number of aliphatic carboxylic acids is 2. The van der Waals surface area contributed by atoms with Gasteiger partial charge in [0.1, 0.15) is 0 Å². The van der Waals surface area contributed by atoms with Gasteiger partial charge < -0.3 is 10.2 Å². The van der Waals surface area contributed by atoms with Crippen LogP contribution in [0.15, 0.2) is 24.3 Å². The molecule has 5 nitrogen and oxygen atoms in total. The Kier molecular flexibility index (Phi) is 5.61. The first-order valence-corrected chi connectivity index (χ1v) is 5.76. The third-order valence-corrected chi connectivity index (χ3v) is 2.72. The van der Waals surface area contributed by atoms with E-state index in [0.717, 1.165) is 5.56 Å². The lowest BCUT2D eigenvalue weighted by atomic mass is 10.2. The third kappa shape index (κ3) is 5.16. The molecule has 0 saturated heterocycles. The fraction of sp³-hybridized carbons (Fsp3) is 0.333. The van der Waals surface area contributed by atoms with Crippen LogP contribution in [-0.2, 0) is 16.1 Å². The van der Waals surface area contributed by atoms with E-state index < -0.39 is 11.9 Å². The van der Waals surface area contributed by atoms with Crippen molar-refractivity contribution >= 4 is 23.5 Å². The van der Waals surface area contributed by atoms with E-state index in [-0.39, 0.29) is 19.5 Å². The monoisotopic (exact) mass is 271 g/mol. The van der Waals surface area contributed by atoms with Crippen LogP contribution in [0.25, 0.3) is 0 Å². The highest BCUT2D eigenvalue weighted by molar-refractivity contribution is 6.31. The first-order chi connectivity index (χ1) is 8.49. The zero-order valence-corrected chi connectivity index (χ0v) is 10.4. The standard InChI is InChI=1S/C12H14ClNO4/c13-10-4-2-1-3-9(10)7-14(8-12(17)18)6-5-11(15)16/h1-4H,5-8H2,(H,15,16)(H,17,18). The van der Waals surface area contributed by atoms with Crippen LogP contribution in [0.4, 0.5) is 0 Å². The number of carboxylic acid groups (broad SMARTS) is 2. The van der Waals surface area contributed by atoms with E-state index in [9.17, 15) is 9.59 Å². The lowest BCUT2D eigenvalue weighted by Crippen LogP contribution is -2.31. The van der Waals surface area contributed by atoms with Crippen molar-refractivity contribution in [3.05, 3.63) is 34.9 Å². The molecule has 0 fully saturated rings. The summed E-state index contributed by atoms with van der Waals surface area (Å²) in [4.78, 5) is 22.8. The largest absolute Gasteiger partial charge is 0.481 e. The normalized spacial score (nSPS) is 10.6. The molecule has 0 aliphatic carbocycles. The zero-order chi connectivity index (χ0) is 13.5. The van der Waals surface area contributed by atoms with Gasteiger partial charge in [0.15, 0.2) is 0 Å². The minimum atomic E-state index is -0.993. The zero-order valence-electron chi connectivity index (χ0n) is 9.67. The van der Waals surface area contributed by atoms with Crippen LogP contribution in [-0.4, -0.2) is 40.1 Å². The Bertz CT molecular complexity index is 436. The van der Waals surface area contributed by atoms with E-state index in [4.69, 9.17) is 21.8 Å². The SMILES string of the molecule is O=C(O)CCN(CC(=O)O)Cc1ccccc1Cl. The molecule has 0 heterocycles. The molecule has 0 atom stereocenters. The summed E-state index contributed by atoms with van der Waals surface area (Å²) >= 11 is 5.98. The second kappa shape index (κ2) is 6.98. The molecule has 0 saturated carbocycles. The molecule has 0 unspecified atom stereocenters. The van der Waals surface area contributed by atoms with Gasteiger partial charge in [-0.1, -0.05) is 29.8 Å². The molecule has 0 aliphatic rings. The molecule has 2 N–H and O–H groups in total. The number of rotatable bonds is 7. The molecule has 0 spiro atoms. The van der Waals surface area contributed by atoms with E-state index in [2.05, 4.69) is 0 Å². The van der Waals surface area contributed by atoms with Crippen molar-refractivity contribution in [1.29, 1.82) is 0 Å². The Morgan fingerprint density at radius 2 is 1.83 bits per heavy atom. The molecular weight excluding hydrogens is 258 g/mol. The van der Waals surface area contributed by atoms with E-state index in [1.165, 1.54) is 4.90 Å². The molecule has 0 radical (unpaired) electrons. The molecule has 6 heteroatoms. The molecule has 1 aromatic rings. The number of halogens is 1. The van der Waals surface area contributed by atoms with Gasteiger partial charge in [-0.15, -0.1) is 0 Å². The average molecular weight is 272 g/mol. The number of carboxylic acids is 2. The van der Waals surface area contributed by atoms with Crippen molar-refractivity contribution < 1.29 is 19.8 Å². The van der Waals surface area contributed by atoms with Crippen molar-refractivity contribution in [3.8, 4) is 0 Å². The third-order valence-electron chi connectivity index (χ3n) is 2.35. The molecule has 1 aromatic carbocycles. The molecule has 0 bridgehead atoms. The summed E-state index contributed by atoms with van der Waals surface area (Å²) in [5.41, 5.74) is 0.783. The van der Waals surface area contributed by atoms with Crippen molar-refractivity contribution in [2.75, 3.05) is 13.1 Å². The lowest BCUT2D eigenvalue weighted by molar-refractivity contribution is -0.141. The second-order valence-electron chi connectivity index (χ2n) is 3.84. The minimum absolute atomic E-state index is 0.0995. The van der Waals surface area contributed by atoms with Gasteiger partial charge in [0, 0.05) is 18.1 Å². The van der Waals surface area contributed by atoms with Gasteiger partial charge in [0.2, 0.25) is 0 Å². The minimum Gasteiger partial charge on any atom is -0.481 e. The summed E-state index contributed by atoms with van der Waals surface area (Å²) in [5, 5.41) is 17.9. The predicted octanol–water partition coefficient (Wildman–Crippen LogP) is 1.70. The number of nitrogens with zero attached hydrogens (tertiary/aromatic N) is 1. The van der Waals surface area contributed by atoms with E-state index in [1.54, 1.807) is 24.3 Å². The van der Waals surface area contributed by atoms with E-state index in [0.29, 0.717) is 11.6 Å². The van der Waals surface area contributed by atoms with Gasteiger partial charge >= 0.3 is 11.9 Å². The number of hydrogen-bond acceptors (Lipinski definition) is 3. The summed E-state index contributed by atoms with van der Waals surface area (Å²) in [6, 6.07) is 7.09. The Morgan fingerprint density at radius 3 is 2.39 bits per heavy atom. The van der Waals surface area contributed by atoms with E-state index in [1.807, 2.05) is 0 Å². The van der Waals surface area contributed by atoms with Gasteiger partial charge in [0.25, 0.3) is 0 Å². The maximum absolute atomic E-state index is 10.7. The van der Waals surface area contributed by atoms with Crippen LogP contribution in [0.1, 0.15) is 12.0 Å². The Morgan fingerprint density at radius 1 is 1.17 bits per heavy atom. The average Bonchev–Trinajstić information content (AvgIpc) is 2.28. The topological polar surface area (TPSA) is 77.8 Å². The first-order valence-electron chi connectivity index (χ1n) is 5.38. The van der Waals surface area contributed by atoms with Crippen LogP contribution in [0.5, 0.6) is 0 Å². The first kappa shape index (κ1) is 14.5. The van der Waals surface area contributed by atoms with Crippen LogP contribution < -0.4 is 0 Å². The number of carbonyl (C=O) groups is 2. The summed E-state index contributed by atoms with van der Waals surface area (Å²) in [6.07, 6.45) is -0.0995. The number of hydrogen-bond donors (Lipinski definition) is 2.